The Bertz CT molecular complexity index is 292. The lowest BCUT2D eigenvalue weighted by atomic mass is 10.0. The molecule has 2 atom stereocenters. The molecule has 17 heavy (non-hydrogen) atoms. The summed E-state index contributed by atoms with van der Waals surface area (Å²) in [4.78, 5) is 8.51. The third-order valence-electron chi connectivity index (χ3n) is 2.76. The molecule has 96 valence electrons. The van der Waals surface area contributed by atoms with Crippen molar-refractivity contribution in [2.45, 2.75) is 45.3 Å². The molecule has 0 amide bonds. The van der Waals surface area contributed by atoms with Crippen LogP contribution < -0.4 is 5.32 Å². The standard InChI is InChI=1S/C13H23N3O/c1-4-6-12(17-3)13(16-7-5-2)11-10-14-8-9-15-11/h8-10,12-13,16H,4-7H2,1-3H3. The Hall–Kier alpha value is -1.00. The number of aromatic nitrogens is 2. The van der Waals surface area contributed by atoms with Gasteiger partial charge in [0, 0.05) is 19.5 Å². The van der Waals surface area contributed by atoms with E-state index in [-0.39, 0.29) is 12.1 Å². The van der Waals surface area contributed by atoms with Crippen LogP contribution in [0.2, 0.25) is 0 Å². The molecule has 0 aliphatic rings. The van der Waals surface area contributed by atoms with Gasteiger partial charge in [-0.25, -0.2) is 0 Å². The van der Waals surface area contributed by atoms with Gasteiger partial charge in [0.2, 0.25) is 0 Å². The van der Waals surface area contributed by atoms with Gasteiger partial charge in [0.15, 0.2) is 0 Å². The molecule has 0 saturated carbocycles. The van der Waals surface area contributed by atoms with E-state index < -0.39 is 0 Å². The van der Waals surface area contributed by atoms with Gasteiger partial charge in [0.25, 0.3) is 0 Å². The van der Waals surface area contributed by atoms with Gasteiger partial charge in [-0.1, -0.05) is 20.3 Å². The van der Waals surface area contributed by atoms with E-state index in [2.05, 4.69) is 29.1 Å². The number of hydrogen-bond acceptors (Lipinski definition) is 4. The SMILES string of the molecule is CCCNC(c1cnccn1)C(CCC)OC. The summed E-state index contributed by atoms with van der Waals surface area (Å²) in [6.45, 7) is 5.28. The topological polar surface area (TPSA) is 47.0 Å². The molecule has 0 saturated heterocycles. The highest BCUT2D eigenvalue weighted by Gasteiger charge is 2.22. The summed E-state index contributed by atoms with van der Waals surface area (Å²) in [5, 5.41) is 3.49. The van der Waals surface area contributed by atoms with Crippen molar-refractivity contribution in [3.8, 4) is 0 Å². The van der Waals surface area contributed by atoms with Crippen LogP contribution in [-0.4, -0.2) is 29.7 Å². The van der Waals surface area contributed by atoms with Crippen molar-refractivity contribution < 1.29 is 4.74 Å². The molecule has 0 bridgehead atoms. The van der Waals surface area contributed by atoms with E-state index in [1.54, 1.807) is 19.5 Å². The summed E-state index contributed by atoms with van der Waals surface area (Å²) >= 11 is 0. The van der Waals surface area contributed by atoms with Crippen LogP contribution in [-0.2, 0) is 4.74 Å². The highest BCUT2D eigenvalue weighted by atomic mass is 16.5. The molecule has 1 rings (SSSR count). The highest BCUT2D eigenvalue weighted by Crippen LogP contribution is 2.20. The van der Waals surface area contributed by atoms with Gasteiger partial charge >= 0.3 is 0 Å². The Morgan fingerprint density at radius 2 is 2.12 bits per heavy atom. The molecule has 2 unspecified atom stereocenters. The average Bonchev–Trinajstić information content (AvgIpc) is 2.39. The number of nitrogens with zero attached hydrogens (tertiary/aromatic N) is 2. The second kappa shape index (κ2) is 8.14. The number of ether oxygens (including phenoxy) is 1. The van der Waals surface area contributed by atoms with Gasteiger partial charge in [-0.3, -0.25) is 9.97 Å². The number of hydrogen-bond donors (Lipinski definition) is 1. The van der Waals surface area contributed by atoms with Crippen LogP contribution in [0.4, 0.5) is 0 Å². The lowest BCUT2D eigenvalue weighted by Crippen LogP contribution is -2.34. The van der Waals surface area contributed by atoms with E-state index in [0.717, 1.165) is 31.5 Å². The lowest BCUT2D eigenvalue weighted by Gasteiger charge is -2.26. The molecule has 1 aromatic heterocycles. The smallest absolute Gasteiger partial charge is 0.0782 e. The Kier molecular flexibility index (Phi) is 6.74. The third kappa shape index (κ3) is 4.40. The van der Waals surface area contributed by atoms with E-state index in [9.17, 15) is 0 Å². The molecule has 1 heterocycles. The Balaban J connectivity index is 2.78. The molecule has 0 fully saturated rings. The summed E-state index contributed by atoms with van der Waals surface area (Å²) < 4.78 is 5.57. The minimum Gasteiger partial charge on any atom is -0.379 e. The van der Waals surface area contributed by atoms with Crippen LogP contribution in [0.1, 0.15) is 44.8 Å². The molecular weight excluding hydrogens is 214 g/mol. The monoisotopic (exact) mass is 237 g/mol. The average molecular weight is 237 g/mol. The lowest BCUT2D eigenvalue weighted by molar-refractivity contribution is 0.0592. The van der Waals surface area contributed by atoms with Crippen molar-refractivity contribution in [2.75, 3.05) is 13.7 Å². The second-order valence-electron chi connectivity index (χ2n) is 4.12. The quantitative estimate of drug-likeness (QED) is 0.754. The molecule has 1 N–H and O–H groups in total. The summed E-state index contributed by atoms with van der Waals surface area (Å²) in [5.74, 6) is 0. The summed E-state index contributed by atoms with van der Waals surface area (Å²) in [5.41, 5.74) is 0.959. The maximum atomic E-state index is 5.57. The van der Waals surface area contributed by atoms with E-state index in [1.807, 2.05) is 6.20 Å². The van der Waals surface area contributed by atoms with Crippen molar-refractivity contribution in [2.24, 2.45) is 0 Å². The fourth-order valence-corrected chi connectivity index (χ4v) is 1.90. The van der Waals surface area contributed by atoms with E-state index >= 15 is 0 Å². The van der Waals surface area contributed by atoms with Crippen molar-refractivity contribution in [3.05, 3.63) is 24.3 Å². The van der Waals surface area contributed by atoms with Crippen LogP contribution in [0.15, 0.2) is 18.6 Å². The van der Waals surface area contributed by atoms with Gasteiger partial charge in [-0.05, 0) is 19.4 Å². The zero-order valence-corrected chi connectivity index (χ0v) is 11.0. The molecule has 0 aromatic carbocycles. The number of methoxy groups -OCH3 is 1. The van der Waals surface area contributed by atoms with E-state index in [4.69, 9.17) is 4.74 Å². The summed E-state index contributed by atoms with van der Waals surface area (Å²) in [7, 11) is 1.76. The maximum Gasteiger partial charge on any atom is 0.0782 e. The molecule has 0 aliphatic carbocycles. The third-order valence-corrected chi connectivity index (χ3v) is 2.76. The molecule has 4 heteroatoms. The van der Waals surface area contributed by atoms with Gasteiger partial charge in [-0.15, -0.1) is 0 Å². The van der Waals surface area contributed by atoms with Crippen LogP contribution in [0, 0.1) is 0 Å². The van der Waals surface area contributed by atoms with Crippen LogP contribution in [0.25, 0.3) is 0 Å². The number of rotatable bonds is 8. The van der Waals surface area contributed by atoms with Crippen molar-refractivity contribution in [3.63, 3.8) is 0 Å². The van der Waals surface area contributed by atoms with E-state index in [0.29, 0.717) is 0 Å². The largest absolute Gasteiger partial charge is 0.379 e. The first kappa shape index (κ1) is 14.1. The first-order chi connectivity index (χ1) is 8.33. The normalized spacial score (nSPS) is 14.5. The fourth-order valence-electron chi connectivity index (χ4n) is 1.90. The minimum atomic E-state index is 0.133. The molecular formula is C13H23N3O. The molecule has 1 aromatic rings. The predicted molar refractivity (Wildman–Crippen MR) is 68.8 cm³/mol. The zero-order chi connectivity index (χ0) is 12.5. The van der Waals surface area contributed by atoms with E-state index in [1.165, 1.54) is 0 Å². The maximum absolute atomic E-state index is 5.57. The summed E-state index contributed by atoms with van der Waals surface area (Å²) in [6.07, 6.45) is 8.62. The Labute approximate surface area is 104 Å². The highest BCUT2D eigenvalue weighted by molar-refractivity contribution is 5.05. The first-order valence-corrected chi connectivity index (χ1v) is 6.35. The Morgan fingerprint density at radius 1 is 1.29 bits per heavy atom. The molecule has 0 radical (unpaired) electrons. The minimum absolute atomic E-state index is 0.133. The van der Waals surface area contributed by atoms with Gasteiger partial charge in [-0.2, -0.15) is 0 Å². The zero-order valence-electron chi connectivity index (χ0n) is 11.0. The van der Waals surface area contributed by atoms with Gasteiger partial charge in [0.05, 0.1) is 24.0 Å². The second-order valence-corrected chi connectivity index (χ2v) is 4.12. The number of nitrogens with one attached hydrogen (secondary N) is 1. The Morgan fingerprint density at radius 3 is 2.65 bits per heavy atom. The molecule has 4 nitrogen and oxygen atoms in total. The van der Waals surface area contributed by atoms with Crippen LogP contribution >= 0.6 is 0 Å². The molecule has 0 spiro atoms. The molecule has 0 aliphatic heterocycles. The van der Waals surface area contributed by atoms with Gasteiger partial charge < -0.3 is 10.1 Å². The van der Waals surface area contributed by atoms with Crippen LogP contribution in [0.3, 0.4) is 0 Å². The fraction of sp³-hybridized carbons (Fsp3) is 0.692. The van der Waals surface area contributed by atoms with Crippen molar-refractivity contribution in [1.82, 2.24) is 15.3 Å². The van der Waals surface area contributed by atoms with Crippen molar-refractivity contribution in [1.29, 1.82) is 0 Å². The van der Waals surface area contributed by atoms with Crippen LogP contribution in [0.5, 0.6) is 0 Å². The van der Waals surface area contributed by atoms with Gasteiger partial charge in [0.1, 0.15) is 0 Å². The first-order valence-electron chi connectivity index (χ1n) is 6.35. The predicted octanol–water partition coefficient (Wildman–Crippen LogP) is 2.33. The summed E-state index contributed by atoms with van der Waals surface area (Å²) in [6, 6.07) is 0.133. The van der Waals surface area contributed by atoms with Crippen molar-refractivity contribution >= 4 is 0 Å².